The van der Waals surface area contributed by atoms with Crippen molar-refractivity contribution in [1.29, 1.82) is 0 Å². The molecule has 68 valence electrons. The van der Waals surface area contributed by atoms with Crippen molar-refractivity contribution in [2.75, 3.05) is 0 Å². The zero-order chi connectivity index (χ0) is 10.0. The number of hydrogen-bond donors (Lipinski definition) is 0. The normalized spacial score (nSPS) is 9.54. The van der Waals surface area contributed by atoms with E-state index in [4.69, 9.17) is 5.53 Å². The molecule has 1 aromatic carbocycles. The maximum atomic E-state index is 13.4. The highest BCUT2D eigenvalue weighted by molar-refractivity contribution is 9.11. The summed E-state index contributed by atoms with van der Waals surface area (Å²) in [5, 5.41) is 3.25. The van der Waals surface area contributed by atoms with Crippen LogP contribution in [-0.2, 0) is 0 Å². The van der Waals surface area contributed by atoms with Crippen LogP contribution in [0.2, 0.25) is 0 Å². The Hall–Kier alpha value is -0.580. The van der Waals surface area contributed by atoms with Crippen LogP contribution in [0.15, 0.2) is 20.1 Å². The monoisotopic (exact) mass is 307 g/mol. The van der Waals surface area contributed by atoms with Gasteiger partial charge in [0.15, 0.2) is 0 Å². The highest BCUT2D eigenvalue weighted by Crippen LogP contribution is 2.35. The minimum absolute atomic E-state index is 0.0109. The highest BCUT2D eigenvalue weighted by Gasteiger charge is 2.11. The second-order valence-corrected chi connectivity index (χ2v) is 4.03. The lowest BCUT2D eigenvalue weighted by Gasteiger charge is -2.04. The molecule has 1 rings (SSSR count). The Balaban J connectivity index is 3.52. The maximum Gasteiger partial charge on any atom is 0.137 e. The molecule has 0 aliphatic carbocycles. The van der Waals surface area contributed by atoms with Gasteiger partial charge >= 0.3 is 0 Å². The first kappa shape index (κ1) is 10.5. The van der Waals surface area contributed by atoms with E-state index in [-0.39, 0.29) is 5.69 Å². The Morgan fingerprint density at radius 3 is 2.62 bits per heavy atom. The fraction of sp³-hybridized carbons (Fsp3) is 0.143. The number of halogens is 3. The molecule has 1 aromatic rings. The van der Waals surface area contributed by atoms with Crippen LogP contribution in [0.4, 0.5) is 10.1 Å². The standard InChI is InChI=1S/C7H4Br2FN3/c1-3-4(8)2-5(9)7(6(3)10)12-13-11/h2H,1H3. The van der Waals surface area contributed by atoms with E-state index in [1.54, 1.807) is 13.0 Å². The topological polar surface area (TPSA) is 48.8 Å². The number of benzene rings is 1. The number of rotatable bonds is 1. The summed E-state index contributed by atoms with van der Waals surface area (Å²) in [4.78, 5) is 2.54. The molecule has 0 saturated heterocycles. The number of nitrogens with zero attached hydrogens (tertiary/aromatic N) is 3. The number of hydrogen-bond acceptors (Lipinski definition) is 1. The molecule has 0 fully saturated rings. The van der Waals surface area contributed by atoms with E-state index < -0.39 is 5.82 Å². The Morgan fingerprint density at radius 2 is 2.08 bits per heavy atom. The van der Waals surface area contributed by atoms with Crippen LogP contribution in [0.25, 0.3) is 10.4 Å². The largest absolute Gasteiger partial charge is 0.206 e. The molecule has 6 heteroatoms. The zero-order valence-corrected chi connectivity index (χ0v) is 9.72. The molecule has 0 heterocycles. The van der Waals surface area contributed by atoms with E-state index >= 15 is 0 Å². The summed E-state index contributed by atoms with van der Waals surface area (Å²) in [6.07, 6.45) is 0. The molecule has 0 bridgehead atoms. The fourth-order valence-electron chi connectivity index (χ4n) is 0.812. The molecular formula is C7H4Br2FN3. The average Bonchev–Trinajstić information content (AvgIpc) is 2.09. The lowest BCUT2D eigenvalue weighted by molar-refractivity contribution is 0.618. The zero-order valence-electron chi connectivity index (χ0n) is 6.55. The minimum atomic E-state index is -0.515. The van der Waals surface area contributed by atoms with Gasteiger partial charge < -0.3 is 0 Å². The van der Waals surface area contributed by atoms with Crippen molar-refractivity contribution in [2.24, 2.45) is 5.11 Å². The molecule has 0 spiro atoms. The highest BCUT2D eigenvalue weighted by atomic mass is 79.9. The van der Waals surface area contributed by atoms with Gasteiger partial charge in [-0.05, 0) is 24.1 Å². The maximum absolute atomic E-state index is 13.4. The molecule has 13 heavy (non-hydrogen) atoms. The van der Waals surface area contributed by atoms with Crippen molar-refractivity contribution in [1.82, 2.24) is 0 Å². The molecule has 0 aliphatic heterocycles. The third-order valence-electron chi connectivity index (χ3n) is 1.52. The van der Waals surface area contributed by atoms with Gasteiger partial charge in [-0.3, -0.25) is 0 Å². The SMILES string of the molecule is Cc1c(Br)cc(Br)c(N=[N+]=[N-])c1F. The fourth-order valence-corrected chi connectivity index (χ4v) is 2.00. The summed E-state index contributed by atoms with van der Waals surface area (Å²) < 4.78 is 14.4. The van der Waals surface area contributed by atoms with E-state index in [0.29, 0.717) is 14.5 Å². The predicted octanol–water partition coefficient (Wildman–Crippen LogP) is 4.60. The van der Waals surface area contributed by atoms with Crippen molar-refractivity contribution in [3.8, 4) is 0 Å². The molecule has 0 N–H and O–H groups in total. The Labute approximate surface area is 90.8 Å². The van der Waals surface area contributed by atoms with Crippen molar-refractivity contribution in [2.45, 2.75) is 6.92 Å². The van der Waals surface area contributed by atoms with Gasteiger partial charge in [0.05, 0.1) is 5.69 Å². The third kappa shape index (κ3) is 2.02. The quantitative estimate of drug-likeness (QED) is 0.413. The summed E-state index contributed by atoms with van der Waals surface area (Å²) in [6, 6.07) is 1.64. The minimum Gasteiger partial charge on any atom is -0.206 e. The van der Waals surface area contributed by atoms with Crippen LogP contribution in [0.3, 0.4) is 0 Å². The first-order valence-electron chi connectivity index (χ1n) is 3.27. The van der Waals surface area contributed by atoms with Crippen molar-refractivity contribution < 1.29 is 4.39 Å². The first-order valence-corrected chi connectivity index (χ1v) is 4.85. The van der Waals surface area contributed by atoms with Crippen LogP contribution < -0.4 is 0 Å². The van der Waals surface area contributed by atoms with Gasteiger partial charge in [0.1, 0.15) is 5.82 Å². The molecule has 0 unspecified atom stereocenters. The van der Waals surface area contributed by atoms with Crippen molar-refractivity contribution in [3.63, 3.8) is 0 Å². The van der Waals surface area contributed by atoms with E-state index in [1.165, 1.54) is 0 Å². The van der Waals surface area contributed by atoms with Crippen LogP contribution in [0, 0.1) is 12.7 Å². The van der Waals surface area contributed by atoms with E-state index in [1.807, 2.05) is 0 Å². The van der Waals surface area contributed by atoms with E-state index in [9.17, 15) is 4.39 Å². The summed E-state index contributed by atoms with van der Waals surface area (Å²) >= 11 is 6.28. The van der Waals surface area contributed by atoms with Crippen LogP contribution in [0.1, 0.15) is 5.56 Å². The molecule has 0 atom stereocenters. The summed E-state index contributed by atoms with van der Waals surface area (Å²) in [5.74, 6) is -0.515. The lowest BCUT2D eigenvalue weighted by Crippen LogP contribution is -1.85. The molecule has 3 nitrogen and oxygen atoms in total. The Morgan fingerprint density at radius 1 is 1.46 bits per heavy atom. The molecule has 0 aromatic heterocycles. The van der Waals surface area contributed by atoms with Crippen molar-refractivity contribution >= 4 is 37.5 Å². The van der Waals surface area contributed by atoms with Crippen LogP contribution >= 0.6 is 31.9 Å². The first-order chi connectivity index (χ1) is 6.07. The third-order valence-corrected chi connectivity index (χ3v) is 2.95. The molecule has 0 aliphatic rings. The molecular weight excluding hydrogens is 305 g/mol. The summed E-state index contributed by atoms with van der Waals surface area (Å²) in [6.45, 7) is 1.60. The van der Waals surface area contributed by atoms with Gasteiger partial charge in [0.25, 0.3) is 0 Å². The van der Waals surface area contributed by atoms with E-state index in [0.717, 1.165) is 0 Å². The predicted molar refractivity (Wildman–Crippen MR) is 55.3 cm³/mol. The summed E-state index contributed by atoms with van der Waals surface area (Å²) in [7, 11) is 0. The average molecular weight is 309 g/mol. The van der Waals surface area contributed by atoms with Gasteiger partial charge in [-0.15, -0.1) is 0 Å². The smallest absolute Gasteiger partial charge is 0.137 e. The van der Waals surface area contributed by atoms with Gasteiger partial charge in [0.2, 0.25) is 0 Å². The molecule has 0 radical (unpaired) electrons. The van der Waals surface area contributed by atoms with Gasteiger partial charge in [0, 0.05) is 13.9 Å². The lowest BCUT2D eigenvalue weighted by atomic mass is 10.2. The molecule has 0 saturated carbocycles. The van der Waals surface area contributed by atoms with Crippen LogP contribution in [0.5, 0.6) is 0 Å². The van der Waals surface area contributed by atoms with Crippen LogP contribution in [-0.4, -0.2) is 0 Å². The second kappa shape index (κ2) is 4.09. The Bertz CT molecular complexity index is 399. The van der Waals surface area contributed by atoms with Gasteiger partial charge in [-0.1, -0.05) is 37.0 Å². The molecule has 0 amide bonds. The number of azide groups is 1. The Kier molecular flexibility index (Phi) is 3.30. The second-order valence-electron chi connectivity index (χ2n) is 2.32. The van der Waals surface area contributed by atoms with E-state index in [2.05, 4.69) is 41.9 Å². The van der Waals surface area contributed by atoms with Crippen molar-refractivity contribution in [3.05, 3.63) is 36.8 Å². The summed E-state index contributed by atoms with van der Waals surface area (Å²) in [5.41, 5.74) is 8.60. The van der Waals surface area contributed by atoms with Gasteiger partial charge in [-0.25, -0.2) is 4.39 Å². The van der Waals surface area contributed by atoms with Gasteiger partial charge in [-0.2, -0.15) is 0 Å².